The van der Waals surface area contributed by atoms with Crippen molar-refractivity contribution >= 4 is 23.0 Å². The number of fused-ring (bicyclic) bond motifs is 1. The van der Waals surface area contributed by atoms with Gasteiger partial charge in [-0.3, -0.25) is 9.78 Å². The number of allylic oxidation sites excluding steroid dienone is 1. The molecule has 4 aromatic rings. The largest absolute Gasteiger partial charge is 0.497 e. The molecule has 158 valence electrons. The highest BCUT2D eigenvalue weighted by Crippen LogP contribution is 2.47. The number of aromatic nitrogens is 2. The van der Waals surface area contributed by atoms with Gasteiger partial charge in [-0.25, -0.2) is 0 Å². The molecule has 5 rings (SSSR count). The van der Waals surface area contributed by atoms with E-state index >= 15 is 0 Å². The maximum absolute atomic E-state index is 13.1. The van der Waals surface area contributed by atoms with Crippen molar-refractivity contribution in [1.82, 2.24) is 9.97 Å². The number of methoxy groups -OCH3 is 1. The van der Waals surface area contributed by atoms with E-state index in [1.807, 2.05) is 72.8 Å². The first-order chi connectivity index (χ1) is 15.7. The Morgan fingerprint density at radius 1 is 0.875 bits per heavy atom. The van der Waals surface area contributed by atoms with Crippen LogP contribution in [0.4, 0.5) is 11.8 Å². The quantitative estimate of drug-likeness (QED) is 0.451. The molecule has 1 aliphatic heterocycles. The monoisotopic (exact) mass is 422 g/mol. The predicted molar refractivity (Wildman–Crippen MR) is 127 cm³/mol. The van der Waals surface area contributed by atoms with Gasteiger partial charge in [-0.05, 0) is 34.4 Å². The molecule has 6 nitrogen and oxygen atoms in total. The van der Waals surface area contributed by atoms with Gasteiger partial charge in [0, 0.05) is 5.92 Å². The van der Waals surface area contributed by atoms with Crippen LogP contribution in [0.2, 0.25) is 0 Å². The number of aromatic amines is 1. The highest BCUT2D eigenvalue weighted by molar-refractivity contribution is 6.02. The van der Waals surface area contributed by atoms with E-state index in [1.54, 1.807) is 7.11 Å². The first kappa shape index (κ1) is 19.6. The maximum Gasteiger partial charge on any atom is 0.258 e. The molecule has 1 aliphatic rings. The molecule has 1 atom stereocenters. The Kier molecular flexibility index (Phi) is 4.95. The molecular formula is C26H22N4O2. The number of nitrogens with one attached hydrogen (secondary N) is 2. The van der Waals surface area contributed by atoms with E-state index in [9.17, 15) is 4.79 Å². The lowest BCUT2D eigenvalue weighted by atomic mass is 9.78. The first-order valence-electron chi connectivity index (χ1n) is 10.3. The molecular weight excluding hydrogens is 400 g/mol. The van der Waals surface area contributed by atoms with Crippen molar-refractivity contribution in [3.05, 3.63) is 118 Å². The zero-order chi connectivity index (χ0) is 22.1. The molecule has 1 aromatic heterocycles. The van der Waals surface area contributed by atoms with Gasteiger partial charge in [0.25, 0.3) is 5.56 Å². The van der Waals surface area contributed by atoms with Crippen molar-refractivity contribution in [2.75, 3.05) is 18.2 Å². The number of hydrogen-bond acceptors (Lipinski definition) is 5. The molecule has 0 bridgehead atoms. The smallest absolute Gasteiger partial charge is 0.258 e. The van der Waals surface area contributed by atoms with Gasteiger partial charge in [-0.1, -0.05) is 72.8 Å². The summed E-state index contributed by atoms with van der Waals surface area (Å²) in [6.45, 7) is 0. The number of benzene rings is 3. The van der Waals surface area contributed by atoms with Gasteiger partial charge in [-0.2, -0.15) is 4.98 Å². The summed E-state index contributed by atoms with van der Waals surface area (Å²) >= 11 is 0. The molecule has 2 heterocycles. The van der Waals surface area contributed by atoms with Crippen LogP contribution in [0.5, 0.6) is 5.75 Å². The Bertz CT molecular complexity index is 1340. The van der Waals surface area contributed by atoms with Gasteiger partial charge in [0.15, 0.2) is 0 Å². The van der Waals surface area contributed by atoms with Crippen LogP contribution < -0.4 is 21.3 Å². The second-order valence-electron chi connectivity index (χ2n) is 7.57. The van der Waals surface area contributed by atoms with Crippen molar-refractivity contribution in [2.24, 2.45) is 0 Å². The summed E-state index contributed by atoms with van der Waals surface area (Å²) in [5.74, 6) is 0.934. The van der Waals surface area contributed by atoms with Gasteiger partial charge in [0.2, 0.25) is 5.95 Å². The minimum absolute atomic E-state index is 0.0744. The van der Waals surface area contributed by atoms with E-state index in [0.717, 1.165) is 33.7 Å². The average Bonchev–Trinajstić information content (AvgIpc) is 2.84. The number of nitrogen functional groups attached to an aromatic ring is 1. The van der Waals surface area contributed by atoms with Crippen LogP contribution in [0.15, 0.2) is 89.7 Å². The molecule has 6 heteroatoms. The number of anilines is 2. The number of rotatable bonds is 4. The molecule has 4 N–H and O–H groups in total. The molecule has 0 spiro atoms. The zero-order valence-electron chi connectivity index (χ0n) is 17.5. The third-order valence-electron chi connectivity index (χ3n) is 5.66. The first-order valence-corrected chi connectivity index (χ1v) is 10.3. The van der Waals surface area contributed by atoms with Gasteiger partial charge < -0.3 is 15.8 Å². The number of nitrogens with zero attached hydrogens (tertiary/aromatic N) is 1. The van der Waals surface area contributed by atoms with Crippen molar-refractivity contribution in [2.45, 2.75) is 5.92 Å². The zero-order valence-corrected chi connectivity index (χ0v) is 17.5. The molecule has 0 fully saturated rings. The lowest BCUT2D eigenvalue weighted by Crippen LogP contribution is -2.28. The summed E-state index contributed by atoms with van der Waals surface area (Å²) in [5, 5.41) is 3.41. The van der Waals surface area contributed by atoms with E-state index in [2.05, 4.69) is 27.4 Å². The standard InChI is InChI=1S/C26H22N4O2/c1-32-19-14-12-17(13-15-19)20-21(16-8-4-2-5-9-16)23(18-10-6-3-7-11-18)28-24-22(20)25(31)30-26(27)29-24/h2-15,20H,1H3,(H4,27,28,29,30,31). The number of hydrogen-bond donors (Lipinski definition) is 3. The molecule has 32 heavy (non-hydrogen) atoms. The third-order valence-corrected chi connectivity index (χ3v) is 5.66. The normalized spacial score (nSPS) is 15.1. The SMILES string of the molecule is COc1ccc(C2C(c3ccccc3)=C(c3ccccc3)Nc3nc(N)[nH]c(=O)c32)cc1. The number of nitrogens with two attached hydrogens (primary N) is 1. The third kappa shape index (κ3) is 3.41. The fourth-order valence-electron chi connectivity index (χ4n) is 4.23. The van der Waals surface area contributed by atoms with Crippen LogP contribution >= 0.6 is 0 Å². The summed E-state index contributed by atoms with van der Waals surface area (Å²) in [4.78, 5) is 20.3. The van der Waals surface area contributed by atoms with E-state index in [1.165, 1.54) is 0 Å². The van der Waals surface area contributed by atoms with Crippen LogP contribution in [-0.2, 0) is 0 Å². The topological polar surface area (TPSA) is 93.0 Å². The van der Waals surface area contributed by atoms with E-state index in [-0.39, 0.29) is 17.4 Å². The summed E-state index contributed by atoms with van der Waals surface area (Å²) in [6.07, 6.45) is 0. The van der Waals surface area contributed by atoms with Gasteiger partial charge in [0.1, 0.15) is 11.6 Å². The highest BCUT2D eigenvalue weighted by Gasteiger charge is 2.34. The Balaban J connectivity index is 1.85. The number of H-pyrrole nitrogens is 1. The second-order valence-corrected chi connectivity index (χ2v) is 7.57. The Hall–Kier alpha value is -4.32. The molecule has 3 aromatic carbocycles. The summed E-state index contributed by atoms with van der Waals surface area (Å²) < 4.78 is 5.35. The van der Waals surface area contributed by atoms with Crippen LogP contribution in [0.1, 0.15) is 28.2 Å². The molecule has 0 radical (unpaired) electrons. The van der Waals surface area contributed by atoms with E-state index in [4.69, 9.17) is 10.5 Å². The van der Waals surface area contributed by atoms with Gasteiger partial charge in [0.05, 0.1) is 18.4 Å². The Morgan fingerprint density at radius 3 is 2.12 bits per heavy atom. The molecule has 0 saturated heterocycles. The lowest BCUT2D eigenvalue weighted by Gasteiger charge is -2.31. The van der Waals surface area contributed by atoms with E-state index < -0.39 is 0 Å². The minimum atomic E-state index is -0.355. The lowest BCUT2D eigenvalue weighted by molar-refractivity contribution is 0.414. The van der Waals surface area contributed by atoms with Crippen LogP contribution in [0, 0.1) is 0 Å². The minimum Gasteiger partial charge on any atom is -0.497 e. The second kappa shape index (κ2) is 8.07. The summed E-state index contributed by atoms with van der Waals surface area (Å²) in [5.41, 5.74) is 11.0. The number of ether oxygens (including phenoxy) is 1. The Morgan fingerprint density at radius 2 is 1.50 bits per heavy atom. The fourth-order valence-corrected chi connectivity index (χ4v) is 4.23. The summed E-state index contributed by atoms with van der Waals surface area (Å²) in [7, 11) is 1.63. The van der Waals surface area contributed by atoms with Gasteiger partial charge >= 0.3 is 0 Å². The van der Waals surface area contributed by atoms with Crippen molar-refractivity contribution in [3.8, 4) is 5.75 Å². The molecule has 0 aliphatic carbocycles. The molecule has 1 unspecified atom stereocenters. The van der Waals surface area contributed by atoms with Crippen LogP contribution in [0.25, 0.3) is 11.3 Å². The summed E-state index contributed by atoms with van der Waals surface area (Å²) in [6, 6.07) is 27.9. The van der Waals surface area contributed by atoms with Crippen LogP contribution in [0.3, 0.4) is 0 Å². The van der Waals surface area contributed by atoms with Crippen LogP contribution in [-0.4, -0.2) is 17.1 Å². The average molecular weight is 422 g/mol. The van der Waals surface area contributed by atoms with Crippen molar-refractivity contribution in [1.29, 1.82) is 0 Å². The van der Waals surface area contributed by atoms with Crippen molar-refractivity contribution in [3.63, 3.8) is 0 Å². The van der Waals surface area contributed by atoms with Crippen molar-refractivity contribution < 1.29 is 4.74 Å². The molecule has 0 amide bonds. The van der Waals surface area contributed by atoms with E-state index in [0.29, 0.717) is 11.4 Å². The highest BCUT2D eigenvalue weighted by atomic mass is 16.5. The Labute approximate surface area is 185 Å². The maximum atomic E-state index is 13.1. The predicted octanol–water partition coefficient (Wildman–Crippen LogP) is 4.49. The fraction of sp³-hybridized carbons (Fsp3) is 0.0769. The van der Waals surface area contributed by atoms with Gasteiger partial charge in [-0.15, -0.1) is 0 Å². The molecule has 0 saturated carbocycles.